The standard InChI is InChI=1S/C13H23N/c1-5-10-14-12-9-7-6-8-11(12)13(2,3)4/h1,11-12,14H,6-10H2,2-4H3. The summed E-state index contributed by atoms with van der Waals surface area (Å²) in [6.45, 7) is 7.74. The van der Waals surface area contributed by atoms with Gasteiger partial charge in [-0.1, -0.05) is 39.5 Å². The fourth-order valence-electron chi connectivity index (χ4n) is 2.60. The molecule has 1 saturated carbocycles. The smallest absolute Gasteiger partial charge is 0.0576 e. The van der Waals surface area contributed by atoms with Crippen molar-refractivity contribution in [2.75, 3.05) is 6.54 Å². The average molecular weight is 193 g/mol. The third-order valence-electron chi connectivity index (χ3n) is 3.34. The second-order valence-corrected chi connectivity index (χ2v) is 5.45. The van der Waals surface area contributed by atoms with Crippen LogP contribution in [-0.4, -0.2) is 12.6 Å². The van der Waals surface area contributed by atoms with Crippen LogP contribution in [-0.2, 0) is 0 Å². The molecule has 1 N–H and O–H groups in total. The van der Waals surface area contributed by atoms with Crippen LogP contribution in [0.4, 0.5) is 0 Å². The zero-order valence-corrected chi connectivity index (χ0v) is 9.77. The summed E-state index contributed by atoms with van der Waals surface area (Å²) in [6, 6.07) is 0.639. The van der Waals surface area contributed by atoms with Crippen LogP contribution in [0.2, 0.25) is 0 Å². The molecule has 1 rings (SSSR count). The highest BCUT2D eigenvalue weighted by molar-refractivity contribution is 4.93. The third kappa shape index (κ3) is 3.03. The van der Waals surface area contributed by atoms with Crippen LogP contribution in [0.1, 0.15) is 46.5 Å². The van der Waals surface area contributed by atoms with Gasteiger partial charge in [-0.3, -0.25) is 0 Å². The Morgan fingerprint density at radius 3 is 2.50 bits per heavy atom. The Bertz CT molecular complexity index is 206. The molecule has 1 aliphatic rings. The molecule has 0 heterocycles. The van der Waals surface area contributed by atoms with Gasteiger partial charge in [0.15, 0.2) is 0 Å². The molecule has 1 heteroatoms. The molecule has 1 nitrogen and oxygen atoms in total. The minimum Gasteiger partial charge on any atom is -0.303 e. The van der Waals surface area contributed by atoms with Gasteiger partial charge in [0.2, 0.25) is 0 Å². The number of rotatable bonds is 2. The van der Waals surface area contributed by atoms with E-state index in [-0.39, 0.29) is 0 Å². The third-order valence-corrected chi connectivity index (χ3v) is 3.34. The predicted molar refractivity (Wildman–Crippen MR) is 62.0 cm³/mol. The molecule has 2 atom stereocenters. The molecule has 0 amide bonds. The molecular weight excluding hydrogens is 170 g/mol. The summed E-state index contributed by atoms with van der Waals surface area (Å²) in [6.07, 6.45) is 10.7. The maximum absolute atomic E-state index is 5.29. The number of terminal acetylenes is 1. The lowest BCUT2D eigenvalue weighted by molar-refractivity contribution is 0.134. The van der Waals surface area contributed by atoms with E-state index in [0.717, 1.165) is 12.5 Å². The lowest BCUT2D eigenvalue weighted by Crippen LogP contribution is -2.44. The monoisotopic (exact) mass is 193 g/mol. The molecule has 1 fully saturated rings. The van der Waals surface area contributed by atoms with Crippen molar-refractivity contribution in [3.05, 3.63) is 0 Å². The predicted octanol–water partition coefficient (Wildman–Crippen LogP) is 2.81. The first-order chi connectivity index (χ1) is 6.55. The Balaban J connectivity index is 2.56. The Morgan fingerprint density at radius 1 is 1.29 bits per heavy atom. The van der Waals surface area contributed by atoms with Gasteiger partial charge in [0, 0.05) is 6.04 Å². The molecule has 1 aliphatic carbocycles. The van der Waals surface area contributed by atoms with E-state index < -0.39 is 0 Å². The lowest BCUT2D eigenvalue weighted by atomic mass is 9.69. The quantitative estimate of drug-likeness (QED) is 0.665. The Labute approximate surface area is 88.7 Å². The maximum atomic E-state index is 5.29. The SMILES string of the molecule is C#CCNC1CCCCC1C(C)(C)C. The molecule has 0 spiro atoms. The van der Waals surface area contributed by atoms with Gasteiger partial charge in [0.1, 0.15) is 0 Å². The van der Waals surface area contributed by atoms with E-state index >= 15 is 0 Å². The van der Waals surface area contributed by atoms with Gasteiger partial charge in [-0.05, 0) is 24.2 Å². The summed E-state index contributed by atoms with van der Waals surface area (Å²) in [7, 11) is 0. The largest absolute Gasteiger partial charge is 0.303 e. The van der Waals surface area contributed by atoms with Crippen LogP contribution in [0.15, 0.2) is 0 Å². The topological polar surface area (TPSA) is 12.0 Å². The van der Waals surface area contributed by atoms with Crippen LogP contribution < -0.4 is 5.32 Å². The van der Waals surface area contributed by atoms with E-state index in [1.54, 1.807) is 0 Å². The second-order valence-electron chi connectivity index (χ2n) is 5.45. The summed E-state index contributed by atoms with van der Waals surface area (Å²) < 4.78 is 0. The van der Waals surface area contributed by atoms with Gasteiger partial charge in [-0.15, -0.1) is 6.42 Å². The lowest BCUT2D eigenvalue weighted by Gasteiger charge is -2.40. The molecule has 0 aromatic carbocycles. The van der Waals surface area contributed by atoms with Gasteiger partial charge in [-0.25, -0.2) is 0 Å². The molecular formula is C13H23N. The molecule has 0 saturated heterocycles. The maximum Gasteiger partial charge on any atom is 0.0576 e. The van der Waals surface area contributed by atoms with Crippen molar-refractivity contribution in [2.24, 2.45) is 11.3 Å². The van der Waals surface area contributed by atoms with Crippen LogP contribution in [0.5, 0.6) is 0 Å². The van der Waals surface area contributed by atoms with E-state index in [2.05, 4.69) is 32.0 Å². The van der Waals surface area contributed by atoms with Crippen molar-refractivity contribution in [3.63, 3.8) is 0 Å². The summed E-state index contributed by atoms with van der Waals surface area (Å²) in [5.41, 5.74) is 0.409. The van der Waals surface area contributed by atoms with Gasteiger partial charge in [0.05, 0.1) is 6.54 Å². The highest BCUT2D eigenvalue weighted by Crippen LogP contribution is 2.37. The molecule has 0 radical (unpaired) electrons. The van der Waals surface area contributed by atoms with Gasteiger partial charge in [-0.2, -0.15) is 0 Å². The zero-order chi connectivity index (χ0) is 10.6. The summed E-state index contributed by atoms with van der Waals surface area (Å²) in [4.78, 5) is 0. The van der Waals surface area contributed by atoms with Crippen molar-refractivity contribution in [3.8, 4) is 12.3 Å². The fraction of sp³-hybridized carbons (Fsp3) is 0.846. The van der Waals surface area contributed by atoms with Gasteiger partial charge in [0.25, 0.3) is 0 Å². The van der Waals surface area contributed by atoms with Crippen LogP contribution in [0.3, 0.4) is 0 Å². The normalized spacial score (nSPS) is 28.4. The van der Waals surface area contributed by atoms with Crippen LogP contribution in [0.25, 0.3) is 0 Å². The zero-order valence-electron chi connectivity index (χ0n) is 9.77. The van der Waals surface area contributed by atoms with E-state index in [0.29, 0.717) is 11.5 Å². The number of hydrogen-bond donors (Lipinski definition) is 1. The molecule has 0 aromatic rings. The van der Waals surface area contributed by atoms with E-state index in [4.69, 9.17) is 6.42 Å². The Kier molecular flexibility index (Phi) is 4.01. The van der Waals surface area contributed by atoms with E-state index in [1.807, 2.05) is 0 Å². The van der Waals surface area contributed by atoms with Crippen LogP contribution in [0, 0.1) is 23.7 Å². The van der Waals surface area contributed by atoms with Crippen molar-refractivity contribution in [2.45, 2.75) is 52.5 Å². The number of nitrogens with one attached hydrogen (secondary N) is 1. The first kappa shape index (κ1) is 11.6. The fourth-order valence-corrected chi connectivity index (χ4v) is 2.60. The molecule has 14 heavy (non-hydrogen) atoms. The molecule has 0 aliphatic heterocycles. The first-order valence-corrected chi connectivity index (χ1v) is 5.72. The highest BCUT2D eigenvalue weighted by atomic mass is 14.9. The minimum atomic E-state index is 0.409. The van der Waals surface area contributed by atoms with Gasteiger partial charge >= 0.3 is 0 Å². The van der Waals surface area contributed by atoms with Crippen LogP contribution >= 0.6 is 0 Å². The second kappa shape index (κ2) is 4.84. The number of hydrogen-bond acceptors (Lipinski definition) is 1. The summed E-state index contributed by atoms with van der Waals surface area (Å²) in [5, 5.41) is 3.49. The van der Waals surface area contributed by atoms with Crippen molar-refractivity contribution >= 4 is 0 Å². The average Bonchev–Trinajstić information content (AvgIpc) is 2.14. The summed E-state index contributed by atoms with van der Waals surface area (Å²) >= 11 is 0. The van der Waals surface area contributed by atoms with Gasteiger partial charge < -0.3 is 5.32 Å². The van der Waals surface area contributed by atoms with E-state index in [1.165, 1.54) is 25.7 Å². The van der Waals surface area contributed by atoms with Crippen molar-refractivity contribution < 1.29 is 0 Å². The molecule has 2 unspecified atom stereocenters. The Morgan fingerprint density at radius 2 is 1.93 bits per heavy atom. The van der Waals surface area contributed by atoms with Crippen molar-refractivity contribution in [1.82, 2.24) is 5.32 Å². The molecule has 80 valence electrons. The minimum absolute atomic E-state index is 0.409. The highest BCUT2D eigenvalue weighted by Gasteiger charge is 2.33. The molecule has 0 aromatic heterocycles. The Hall–Kier alpha value is -0.480. The van der Waals surface area contributed by atoms with Crippen molar-refractivity contribution in [1.29, 1.82) is 0 Å². The first-order valence-electron chi connectivity index (χ1n) is 5.72. The van der Waals surface area contributed by atoms with E-state index in [9.17, 15) is 0 Å². The molecule has 0 bridgehead atoms. The summed E-state index contributed by atoms with van der Waals surface area (Å²) in [5.74, 6) is 3.46.